The van der Waals surface area contributed by atoms with Crippen molar-refractivity contribution in [3.63, 3.8) is 0 Å². The smallest absolute Gasteiger partial charge is 0.156 e. The molecule has 4 nitrogen and oxygen atoms in total. The lowest BCUT2D eigenvalue weighted by Gasteiger charge is -2.09. The van der Waals surface area contributed by atoms with Gasteiger partial charge in [0.1, 0.15) is 6.10 Å². The van der Waals surface area contributed by atoms with Crippen molar-refractivity contribution in [3.05, 3.63) is 23.8 Å². The predicted molar refractivity (Wildman–Crippen MR) is 64.0 cm³/mol. The molecule has 0 aromatic carbocycles. The van der Waals surface area contributed by atoms with Crippen LogP contribution in [0, 0.1) is 5.92 Å². The molecule has 1 N–H and O–H groups in total. The van der Waals surface area contributed by atoms with Crippen molar-refractivity contribution in [2.75, 3.05) is 13.7 Å². The zero-order valence-electron chi connectivity index (χ0n) is 10.5. The van der Waals surface area contributed by atoms with E-state index in [1.165, 1.54) is 0 Å². The van der Waals surface area contributed by atoms with Gasteiger partial charge in [-0.05, 0) is 19.4 Å². The number of rotatable bonds is 6. The molecule has 0 amide bonds. The van der Waals surface area contributed by atoms with Gasteiger partial charge >= 0.3 is 0 Å². The zero-order valence-corrected chi connectivity index (χ0v) is 10.5. The second-order valence-corrected chi connectivity index (χ2v) is 4.35. The summed E-state index contributed by atoms with van der Waals surface area (Å²) in [7, 11) is 1.66. The minimum absolute atomic E-state index is 0.0438. The first-order valence-corrected chi connectivity index (χ1v) is 5.67. The molecule has 1 atom stereocenters. The molecule has 90 valence electrons. The standard InChI is InChI=1S/C12H21N3O/c1-9(2)5-13-6-11-7-14-12(15-8-11)10(3)16-4/h7-10,13H,5-6H2,1-4H3. The van der Waals surface area contributed by atoms with Gasteiger partial charge in [-0.3, -0.25) is 0 Å². The van der Waals surface area contributed by atoms with E-state index in [2.05, 4.69) is 29.1 Å². The topological polar surface area (TPSA) is 47.0 Å². The van der Waals surface area contributed by atoms with Crippen molar-refractivity contribution in [2.45, 2.75) is 33.4 Å². The third-order valence-electron chi connectivity index (χ3n) is 2.32. The quantitative estimate of drug-likeness (QED) is 0.800. The third kappa shape index (κ3) is 4.24. The molecule has 0 bridgehead atoms. The lowest BCUT2D eigenvalue weighted by molar-refractivity contribution is 0.112. The van der Waals surface area contributed by atoms with E-state index in [0.717, 1.165) is 24.5 Å². The summed E-state index contributed by atoms with van der Waals surface area (Å²) < 4.78 is 5.15. The minimum atomic E-state index is -0.0438. The van der Waals surface area contributed by atoms with Crippen LogP contribution in [0.1, 0.15) is 38.3 Å². The highest BCUT2D eigenvalue weighted by Gasteiger charge is 2.06. The average molecular weight is 223 g/mol. The van der Waals surface area contributed by atoms with Crippen molar-refractivity contribution in [2.24, 2.45) is 5.92 Å². The van der Waals surface area contributed by atoms with Crippen LogP contribution in [0.15, 0.2) is 12.4 Å². The van der Waals surface area contributed by atoms with Gasteiger partial charge < -0.3 is 10.1 Å². The molecule has 16 heavy (non-hydrogen) atoms. The van der Waals surface area contributed by atoms with Gasteiger partial charge in [0.15, 0.2) is 5.82 Å². The maximum atomic E-state index is 5.15. The SMILES string of the molecule is COC(C)c1ncc(CNCC(C)C)cn1. The predicted octanol–water partition coefficient (Wildman–Crippen LogP) is 1.93. The molecule has 0 spiro atoms. The molecule has 1 aromatic rings. The first kappa shape index (κ1) is 13.1. The second-order valence-electron chi connectivity index (χ2n) is 4.35. The third-order valence-corrected chi connectivity index (χ3v) is 2.32. The number of ether oxygens (including phenoxy) is 1. The molecule has 1 heterocycles. The Labute approximate surface area is 97.5 Å². The monoisotopic (exact) mass is 223 g/mol. The normalized spacial score (nSPS) is 13.1. The molecular formula is C12H21N3O. The number of hydrogen-bond acceptors (Lipinski definition) is 4. The Morgan fingerprint density at radius 3 is 2.38 bits per heavy atom. The van der Waals surface area contributed by atoms with Crippen LogP contribution in [-0.2, 0) is 11.3 Å². The fourth-order valence-electron chi connectivity index (χ4n) is 1.28. The summed E-state index contributed by atoms with van der Waals surface area (Å²) in [5, 5.41) is 3.35. The molecule has 0 fully saturated rings. The van der Waals surface area contributed by atoms with Gasteiger partial charge in [0.25, 0.3) is 0 Å². The number of aromatic nitrogens is 2. The molecule has 4 heteroatoms. The molecule has 0 radical (unpaired) electrons. The first-order chi connectivity index (χ1) is 7.63. The summed E-state index contributed by atoms with van der Waals surface area (Å²) in [6.07, 6.45) is 3.66. The Hall–Kier alpha value is -1.00. The van der Waals surface area contributed by atoms with E-state index < -0.39 is 0 Å². The molecule has 0 aliphatic rings. The van der Waals surface area contributed by atoms with Crippen molar-refractivity contribution < 1.29 is 4.74 Å². The van der Waals surface area contributed by atoms with Crippen molar-refractivity contribution in [3.8, 4) is 0 Å². The number of nitrogens with zero attached hydrogens (tertiary/aromatic N) is 2. The van der Waals surface area contributed by atoms with Crippen LogP contribution >= 0.6 is 0 Å². The largest absolute Gasteiger partial charge is 0.374 e. The summed E-state index contributed by atoms with van der Waals surface area (Å²) in [6, 6.07) is 0. The van der Waals surface area contributed by atoms with Gasteiger partial charge in [0.05, 0.1) is 0 Å². The molecule has 0 aliphatic heterocycles. The van der Waals surface area contributed by atoms with E-state index in [1.807, 2.05) is 19.3 Å². The molecule has 0 aliphatic carbocycles. The molecular weight excluding hydrogens is 202 g/mol. The van der Waals surface area contributed by atoms with Crippen LogP contribution in [0.2, 0.25) is 0 Å². The van der Waals surface area contributed by atoms with Crippen LogP contribution in [0.4, 0.5) is 0 Å². The van der Waals surface area contributed by atoms with E-state index in [1.54, 1.807) is 7.11 Å². The Bertz CT molecular complexity index is 298. The van der Waals surface area contributed by atoms with E-state index >= 15 is 0 Å². The number of methoxy groups -OCH3 is 1. The van der Waals surface area contributed by atoms with Crippen molar-refractivity contribution in [1.82, 2.24) is 15.3 Å². The van der Waals surface area contributed by atoms with Crippen LogP contribution in [0.5, 0.6) is 0 Å². The summed E-state index contributed by atoms with van der Waals surface area (Å²) in [5.74, 6) is 1.39. The minimum Gasteiger partial charge on any atom is -0.374 e. The van der Waals surface area contributed by atoms with Crippen LogP contribution in [0.3, 0.4) is 0 Å². The van der Waals surface area contributed by atoms with Crippen LogP contribution in [0.25, 0.3) is 0 Å². The molecule has 0 saturated carbocycles. The van der Waals surface area contributed by atoms with Crippen molar-refractivity contribution in [1.29, 1.82) is 0 Å². The van der Waals surface area contributed by atoms with Crippen LogP contribution < -0.4 is 5.32 Å². The van der Waals surface area contributed by atoms with Gasteiger partial charge in [0, 0.05) is 31.6 Å². The molecule has 1 rings (SSSR count). The lowest BCUT2D eigenvalue weighted by Crippen LogP contribution is -2.19. The van der Waals surface area contributed by atoms with Gasteiger partial charge in [-0.15, -0.1) is 0 Å². The Morgan fingerprint density at radius 1 is 1.25 bits per heavy atom. The molecule has 0 saturated heterocycles. The lowest BCUT2D eigenvalue weighted by atomic mass is 10.2. The molecule has 1 aromatic heterocycles. The fourth-order valence-corrected chi connectivity index (χ4v) is 1.28. The van der Waals surface area contributed by atoms with E-state index in [-0.39, 0.29) is 6.10 Å². The Kier molecular flexibility index (Phi) is 5.35. The summed E-state index contributed by atoms with van der Waals surface area (Å²) in [6.45, 7) is 8.14. The van der Waals surface area contributed by atoms with Gasteiger partial charge in [-0.25, -0.2) is 9.97 Å². The highest BCUT2D eigenvalue weighted by molar-refractivity contribution is 5.05. The zero-order chi connectivity index (χ0) is 12.0. The number of nitrogens with one attached hydrogen (secondary N) is 1. The van der Waals surface area contributed by atoms with Crippen molar-refractivity contribution >= 4 is 0 Å². The highest BCUT2D eigenvalue weighted by atomic mass is 16.5. The summed E-state index contributed by atoms with van der Waals surface area (Å²) >= 11 is 0. The van der Waals surface area contributed by atoms with Gasteiger partial charge in [-0.2, -0.15) is 0 Å². The highest BCUT2D eigenvalue weighted by Crippen LogP contribution is 2.09. The van der Waals surface area contributed by atoms with Crippen LogP contribution in [-0.4, -0.2) is 23.6 Å². The fraction of sp³-hybridized carbons (Fsp3) is 0.667. The maximum absolute atomic E-state index is 5.15. The van der Waals surface area contributed by atoms with E-state index in [4.69, 9.17) is 4.74 Å². The summed E-state index contributed by atoms with van der Waals surface area (Å²) in [5.41, 5.74) is 1.10. The summed E-state index contributed by atoms with van der Waals surface area (Å²) in [4.78, 5) is 8.54. The maximum Gasteiger partial charge on any atom is 0.156 e. The van der Waals surface area contributed by atoms with Gasteiger partial charge in [-0.1, -0.05) is 13.8 Å². The Morgan fingerprint density at radius 2 is 1.88 bits per heavy atom. The Balaban J connectivity index is 2.45. The number of hydrogen-bond donors (Lipinski definition) is 1. The van der Waals surface area contributed by atoms with Gasteiger partial charge in [0.2, 0.25) is 0 Å². The first-order valence-electron chi connectivity index (χ1n) is 5.67. The second kappa shape index (κ2) is 6.55. The average Bonchev–Trinajstić information content (AvgIpc) is 2.28. The van der Waals surface area contributed by atoms with E-state index in [9.17, 15) is 0 Å². The van der Waals surface area contributed by atoms with E-state index in [0.29, 0.717) is 5.92 Å². The molecule has 1 unspecified atom stereocenters.